The summed E-state index contributed by atoms with van der Waals surface area (Å²) in [4.78, 5) is 15.3. The molecule has 0 bridgehead atoms. The molecule has 3 aromatic rings. The van der Waals surface area contributed by atoms with Crippen LogP contribution < -0.4 is 5.73 Å². The number of nitrogen functional groups attached to an aromatic ring is 1. The van der Waals surface area contributed by atoms with Gasteiger partial charge in [-0.25, -0.2) is 9.67 Å². The molecule has 0 aromatic carbocycles. The number of aromatic nitrogens is 6. The number of aryl methyl sites for hydroxylation is 1. The van der Waals surface area contributed by atoms with Gasteiger partial charge in [-0.05, 0) is 13.8 Å². The van der Waals surface area contributed by atoms with E-state index in [2.05, 4.69) is 25.0 Å². The summed E-state index contributed by atoms with van der Waals surface area (Å²) < 4.78 is 1.64. The maximum atomic E-state index is 6.13. The van der Waals surface area contributed by atoms with Gasteiger partial charge in [-0.2, -0.15) is 15.1 Å². The maximum Gasteiger partial charge on any atom is 0.224 e. The van der Waals surface area contributed by atoms with Crippen LogP contribution in [-0.4, -0.2) is 29.7 Å². The van der Waals surface area contributed by atoms with Crippen LogP contribution in [0.3, 0.4) is 0 Å². The highest BCUT2D eigenvalue weighted by atomic mass is 35.5. The quantitative estimate of drug-likeness (QED) is 0.691. The predicted octanol–water partition coefficient (Wildman–Crippen LogP) is 1.39. The molecule has 0 spiro atoms. The molecule has 3 aromatic heterocycles. The molecule has 0 saturated carbocycles. The van der Waals surface area contributed by atoms with Gasteiger partial charge >= 0.3 is 0 Å². The minimum Gasteiger partial charge on any atom is -0.368 e. The normalized spacial score (nSPS) is 11.3. The second-order valence-electron chi connectivity index (χ2n) is 3.90. The minimum absolute atomic E-state index is 0.147. The van der Waals surface area contributed by atoms with Crippen LogP contribution in [0.1, 0.15) is 11.4 Å². The van der Waals surface area contributed by atoms with Crippen LogP contribution in [0.2, 0.25) is 5.02 Å². The Hall–Kier alpha value is -2.15. The summed E-state index contributed by atoms with van der Waals surface area (Å²) in [6, 6.07) is 0. The van der Waals surface area contributed by atoms with E-state index in [1.807, 2.05) is 13.8 Å². The van der Waals surface area contributed by atoms with Crippen molar-refractivity contribution in [3.63, 3.8) is 0 Å². The lowest BCUT2D eigenvalue weighted by atomic mass is 10.4. The number of hydrogen-bond donors (Lipinski definition) is 2. The van der Waals surface area contributed by atoms with Crippen LogP contribution in [0.5, 0.6) is 0 Å². The molecule has 0 amide bonds. The first kappa shape index (κ1) is 11.0. The second kappa shape index (κ2) is 3.67. The van der Waals surface area contributed by atoms with Crippen molar-refractivity contribution in [3.05, 3.63) is 22.7 Å². The number of halogens is 1. The summed E-state index contributed by atoms with van der Waals surface area (Å²) in [6.07, 6.45) is 1.54. The lowest BCUT2D eigenvalue weighted by molar-refractivity contribution is 0.810. The summed E-state index contributed by atoms with van der Waals surface area (Å²) in [5.41, 5.74) is 8.37. The molecule has 0 radical (unpaired) electrons. The van der Waals surface area contributed by atoms with Crippen LogP contribution in [0.4, 0.5) is 5.95 Å². The van der Waals surface area contributed by atoms with E-state index in [-0.39, 0.29) is 5.95 Å². The van der Waals surface area contributed by atoms with Crippen molar-refractivity contribution in [1.29, 1.82) is 0 Å². The molecular weight excluding hydrogens is 254 g/mol. The van der Waals surface area contributed by atoms with Crippen LogP contribution >= 0.6 is 11.6 Å². The van der Waals surface area contributed by atoms with E-state index in [1.165, 1.54) is 6.33 Å². The van der Waals surface area contributed by atoms with E-state index < -0.39 is 0 Å². The van der Waals surface area contributed by atoms with Gasteiger partial charge in [0, 0.05) is 0 Å². The molecule has 0 aliphatic rings. The monoisotopic (exact) mass is 263 g/mol. The molecule has 0 aliphatic heterocycles. The molecule has 0 saturated heterocycles. The number of nitrogens with one attached hydrogen (secondary N) is 1. The minimum atomic E-state index is 0.147. The number of anilines is 1. The zero-order valence-corrected chi connectivity index (χ0v) is 10.5. The molecule has 18 heavy (non-hydrogen) atoms. The number of H-pyrrole nitrogens is 1. The Morgan fingerprint density at radius 3 is 2.78 bits per heavy atom. The smallest absolute Gasteiger partial charge is 0.224 e. The van der Waals surface area contributed by atoms with Gasteiger partial charge in [0.05, 0.1) is 22.7 Å². The van der Waals surface area contributed by atoms with E-state index >= 15 is 0 Å². The Bertz CT molecular complexity index is 742. The third-order valence-electron chi connectivity index (χ3n) is 2.69. The average molecular weight is 264 g/mol. The maximum absolute atomic E-state index is 6.13. The van der Waals surface area contributed by atoms with Gasteiger partial charge in [-0.15, -0.1) is 0 Å². The van der Waals surface area contributed by atoms with Crippen LogP contribution in [0.25, 0.3) is 17.0 Å². The van der Waals surface area contributed by atoms with Gasteiger partial charge in [0.15, 0.2) is 11.5 Å². The number of rotatable bonds is 1. The van der Waals surface area contributed by atoms with Crippen molar-refractivity contribution < 1.29 is 0 Å². The van der Waals surface area contributed by atoms with Gasteiger partial charge in [0.25, 0.3) is 0 Å². The molecule has 3 N–H and O–H groups in total. The number of aromatic amines is 1. The SMILES string of the molecule is Cc1nn(-c2nc(N)nc3nc[nH]c23)c(C)c1Cl. The fourth-order valence-corrected chi connectivity index (χ4v) is 1.94. The summed E-state index contributed by atoms with van der Waals surface area (Å²) in [5.74, 6) is 0.691. The number of fused-ring (bicyclic) bond motifs is 1. The number of hydrogen-bond acceptors (Lipinski definition) is 5. The number of nitrogens with zero attached hydrogens (tertiary/aromatic N) is 5. The largest absolute Gasteiger partial charge is 0.368 e. The Balaban J connectivity index is 2.37. The van der Waals surface area contributed by atoms with E-state index in [4.69, 9.17) is 17.3 Å². The van der Waals surface area contributed by atoms with Crippen molar-refractivity contribution in [3.8, 4) is 5.82 Å². The third-order valence-corrected chi connectivity index (χ3v) is 3.23. The van der Waals surface area contributed by atoms with Crippen molar-refractivity contribution in [2.75, 3.05) is 5.73 Å². The van der Waals surface area contributed by atoms with E-state index in [9.17, 15) is 0 Å². The number of imidazole rings is 1. The molecule has 3 heterocycles. The zero-order chi connectivity index (χ0) is 12.9. The Kier molecular flexibility index (Phi) is 2.24. The van der Waals surface area contributed by atoms with E-state index in [0.717, 1.165) is 11.4 Å². The van der Waals surface area contributed by atoms with Crippen LogP contribution in [-0.2, 0) is 0 Å². The molecular formula is C10H10ClN7. The number of nitrogens with two attached hydrogens (primary N) is 1. The Labute approximate surface area is 107 Å². The van der Waals surface area contributed by atoms with Crippen molar-refractivity contribution in [2.45, 2.75) is 13.8 Å². The first-order valence-electron chi connectivity index (χ1n) is 5.26. The van der Waals surface area contributed by atoms with Crippen molar-refractivity contribution >= 4 is 28.7 Å². The fraction of sp³-hybridized carbons (Fsp3) is 0.200. The molecule has 3 rings (SSSR count). The van der Waals surface area contributed by atoms with Gasteiger partial charge in [-0.3, -0.25) is 0 Å². The highest BCUT2D eigenvalue weighted by molar-refractivity contribution is 6.31. The second-order valence-corrected chi connectivity index (χ2v) is 4.28. The molecule has 7 nitrogen and oxygen atoms in total. The first-order chi connectivity index (χ1) is 8.58. The van der Waals surface area contributed by atoms with Crippen molar-refractivity contribution in [1.82, 2.24) is 29.7 Å². The summed E-state index contributed by atoms with van der Waals surface area (Å²) in [5, 5.41) is 4.95. The first-order valence-corrected chi connectivity index (χ1v) is 5.64. The van der Waals surface area contributed by atoms with E-state index in [0.29, 0.717) is 22.0 Å². The highest BCUT2D eigenvalue weighted by Crippen LogP contribution is 2.24. The average Bonchev–Trinajstić information content (AvgIpc) is 2.88. The molecule has 92 valence electrons. The predicted molar refractivity (Wildman–Crippen MR) is 67.7 cm³/mol. The zero-order valence-electron chi connectivity index (χ0n) is 9.77. The van der Waals surface area contributed by atoms with Gasteiger partial charge in [0.1, 0.15) is 5.52 Å². The van der Waals surface area contributed by atoms with Gasteiger partial charge in [-0.1, -0.05) is 11.6 Å². The van der Waals surface area contributed by atoms with Gasteiger partial charge in [0.2, 0.25) is 5.95 Å². The highest BCUT2D eigenvalue weighted by Gasteiger charge is 2.16. The topological polar surface area (TPSA) is 98.3 Å². The molecule has 0 atom stereocenters. The fourth-order valence-electron chi connectivity index (χ4n) is 1.82. The van der Waals surface area contributed by atoms with Crippen LogP contribution in [0, 0.1) is 13.8 Å². The Morgan fingerprint density at radius 2 is 2.11 bits per heavy atom. The third kappa shape index (κ3) is 1.44. The lowest BCUT2D eigenvalue weighted by Crippen LogP contribution is -2.06. The van der Waals surface area contributed by atoms with Crippen molar-refractivity contribution in [2.24, 2.45) is 0 Å². The van der Waals surface area contributed by atoms with Crippen LogP contribution in [0.15, 0.2) is 6.33 Å². The Morgan fingerprint density at radius 1 is 1.33 bits per heavy atom. The summed E-state index contributed by atoms with van der Waals surface area (Å²) >= 11 is 6.13. The molecule has 0 fully saturated rings. The molecule has 8 heteroatoms. The molecule has 0 aliphatic carbocycles. The molecule has 0 unspecified atom stereocenters. The standard InChI is InChI=1S/C10H10ClN7/c1-4-6(11)5(2)18(17-4)9-7-8(14-3-13-7)15-10(12)16-9/h3H,1-2H3,(H3,12,13,14,15,16). The van der Waals surface area contributed by atoms with Gasteiger partial charge < -0.3 is 10.7 Å². The summed E-state index contributed by atoms with van der Waals surface area (Å²) in [7, 11) is 0. The summed E-state index contributed by atoms with van der Waals surface area (Å²) in [6.45, 7) is 3.70. The lowest BCUT2D eigenvalue weighted by Gasteiger charge is -2.04. The van der Waals surface area contributed by atoms with E-state index in [1.54, 1.807) is 4.68 Å².